The number of ether oxygens (including phenoxy) is 1. The number of amides is 1. The van der Waals surface area contributed by atoms with Crippen LogP contribution in [0.3, 0.4) is 0 Å². The smallest absolute Gasteiger partial charge is 0.271 e. The van der Waals surface area contributed by atoms with E-state index < -0.39 is 10.8 Å². The third kappa shape index (κ3) is 3.64. The van der Waals surface area contributed by atoms with Crippen molar-refractivity contribution in [1.82, 2.24) is 10.2 Å². The molecule has 21 heavy (non-hydrogen) atoms. The second kappa shape index (κ2) is 6.46. The normalized spacial score (nSPS) is 14.6. The number of nitro groups is 1. The minimum Gasteiger partial charge on any atom is -0.398 e. The number of anilines is 1. The predicted octanol–water partition coefficient (Wildman–Crippen LogP) is 0.524. The Hall–Kier alpha value is -2.26. The number of rotatable bonds is 2. The van der Waals surface area contributed by atoms with Gasteiger partial charge in [-0.1, -0.05) is 0 Å². The molecule has 8 nitrogen and oxygen atoms in total. The first kappa shape index (κ1) is 15.1. The van der Waals surface area contributed by atoms with Crippen molar-refractivity contribution in [3.8, 4) is 0 Å². The molecule has 1 heterocycles. The fourth-order valence-corrected chi connectivity index (χ4v) is 2.16. The van der Waals surface area contributed by atoms with Crippen molar-refractivity contribution >= 4 is 34.6 Å². The number of nitrogens with zero attached hydrogens (tertiary/aromatic N) is 2. The number of nitrogen functional groups attached to an aromatic ring is 1. The van der Waals surface area contributed by atoms with Crippen LogP contribution >= 0.6 is 12.2 Å². The van der Waals surface area contributed by atoms with Gasteiger partial charge in [0.2, 0.25) is 0 Å². The molecular formula is C12H14N4O4S. The van der Waals surface area contributed by atoms with Gasteiger partial charge in [0.15, 0.2) is 5.11 Å². The predicted molar refractivity (Wildman–Crippen MR) is 80.0 cm³/mol. The molecule has 0 saturated carbocycles. The van der Waals surface area contributed by atoms with E-state index in [2.05, 4.69) is 5.32 Å². The van der Waals surface area contributed by atoms with E-state index in [0.29, 0.717) is 31.4 Å². The van der Waals surface area contributed by atoms with Crippen LogP contribution in [0.25, 0.3) is 0 Å². The number of nitrogens with two attached hydrogens (primary N) is 1. The molecule has 3 N–H and O–H groups in total. The summed E-state index contributed by atoms with van der Waals surface area (Å²) in [6.45, 7) is 2.31. The number of non-ortho nitro benzene ring substituents is 1. The van der Waals surface area contributed by atoms with Crippen molar-refractivity contribution in [3.63, 3.8) is 0 Å². The molecule has 1 saturated heterocycles. The number of nitrogens with one attached hydrogen (secondary N) is 1. The van der Waals surface area contributed by atoms with Crippen LogP contribution in [0.15, 0.2) is 18.2 Å². The number of benzene rings is 1. The van der Waals surface area contributed by atoms with E-state index in [9.17, 15) is 14.9 Å². The monoisotopic (exact) mass is 310 g/mol. The first-order chi connectivity index (χ1) is 9.99. The molecule has 2 rings (SSSR count). The van der Waals surface area contributed by atoms with E-state index in [1.807, 2.05) is 4.90 Å². The van der Waals surface area contributed by atoms with Crippen molar-refractivity contribution in [3.05, 3.63) is 33.9 Å². The van der Waals surface area contributed by atoms with E-state index >= 15 is 0 Å². The number of morpholine rings is 1. The van der Waals surface area contributed by atoms with Crippen molar-refractivity contribution in [2.45, 2.75) is 0 Å². The van der Waals surface area contributed by atoms with Gasteiger partial charge in [-0.2, -0.15) is 0 Å². The topological polar surface area (TPSA) is 111 Å². The minimum absolute atomic E-state index is 0.0338. The van der Waals surface area contributed by atoms with E-state index in [0.717, 1.165) is 6.07 Å². The number of nitro benzene ring substituents is 1. The lowest BCUT2D eigenvalue weighted by molar-refractivity contribution is -0.384. The van der Waals surface area contributed by atoms with Gasteiger partial charge in [-0.3, -0.25) is 20.2 Å². The van der Waals surface area contributed by atoms with Gasteiger partial charge in [-0.15, -0.1) is 0 Å². The molecule has 1 aliphatic rings. The Morgan fingerprint density at radius 3 is 2.67 bits per heavy atom. The standard InChI is InChI=1S/C12H14N4O4S/c13-10-7-8(16(18)19)1-2-9(10)11(17)14-12(21)15-3-5-20-6-4-15/h1-2,7H,3-6,13H2,(H,14,17,21). The SMILES string of the molecule is Nc1cc([N+](=O)[O-])ccc1C(=O)NC(=S)N1CCOCC1. The highest BCUT2D eigenvalue weighted by atomic mass is 32.1. The van der Waals surface area contributed by atoms with Crippen LogP contribution in [0.1, 0.15) is 10.4 Å². The van der Waals surface area contributed by atoms with Crippen molar-refractivity contribution in [2.75, 3.05) is 32.0 Å². The van der Waals surface area contributed by atoms with Gasteiger partial charge in [0.25, 0.3) is 11.6 Å². The summed E-state index contributed by atoms with van der Waals surface area (Å²) in [4.78, 5) is 24.0. The van der Waals surface area contributed by atoms with Crippen LogP contribution in [0.2, 0.25) is 0 Å². The van der Waals surface area contributed by atoms with Crippen molar-refractivity contribution in [1.29, 1.82) is 0 Å². The van der Waals surface area contributed by atoms with Gasteiger partial charge in [-0.25, -0.2) is 0 Å². The van der Waals surface area contributed by atoms with Crippen molar-refractivity contribution in [2.24, 2.45) is 0 Å². The summed E-state index contributed by atoms with van der Waals surface area (Å²) < 4.78 is 5.20. The van der Waals surface area contributed by atoms with Crippen molar-refractivity contribution < 1.29 is 14.5 Å². The van der Waals surface area contributed by atoms with Crippen LogP contribution in [-0.2, 0) is 4.74 Å². The quantitative estimate of drug-likeness (QED) is 0.354. The van der Waals surface area contributed by atoms with E-state index in [-0.39, 0.29) is 16.9 Å². The number of hydrogen-bond acceptors (Lipinski definition) is 6. The fourth-order valence-electron chi connectivity index (χ4n) is 1.88. The largest absolute Gasteiger partial charge is 0.398 e. The molecule has 1 aliphatic heterocycles. The second-order valence-corrected chi connectivity index (χ2v) is 4.77. The highest BCUT2D eigenvalue weighted by Crippen LogP contribution is 2.19. The molecule has 112 valence electrons. The maximum atomic E-state index is 12.1. The molecule has 0 radical (unpaired) electrons. The first-order valence-electron chi connectivity index (χ1n) is 6.21. The zero-order chi connectivity index (χ0) is 15.4. The Morgan fingerprint density at radius 2 is 2.10 bits per heavy atom. The summed E-state index contributed by atoms with van der Waals surface area (Å²) in [5, 5.41) is 13.5. The number of hydrogen-bond donors (Lipinski definition) is 2. The Bertz CT molecular complexity index is 587. The lowest BCUT2D eigenvalue weighted by Gasteiger charge is -2.28. The maximum absolute atomic E-state index is 12.1. The summed E-state index contributed by atoms with van der Waals surface area (Å²) in [5.41, 5.74) is 5.69. The molecule has 1 amide bonds. The lowest BCUT2D eigenvalue weighted by atomic mass is 10.1. The van der Waals surface area contributed by atoms with Gasteiger partial charge < -0.3 is 15.4 Å². The summed E-state index contributed by atoms with van der Waals surface area (Å²) in [5.74, 6) is -0.487. The highest BCUT2D eigenvalue weighted by Gasteiger charge is 2.19. The molecule has 0 aliphatic carbocycles. The molecule has 0 aromatic heterocycles. The molecular weight excluding hydrogens is 296 g/mol. The molecule has 0 spiro atoms. The minimum atomic E-state index is -0.573. The summed E-state index contributed by atoms with van der Waals surface area (Å²) in [7, 11) is 0. The molecule has 9 heteroatoms. The number of carbonyl (C=O) groups is 1. The molecule has 0 atom stereocenters. The molecule has 1 aromatic carbocycles. The Balaban J connectivity index is 2.06. The van der Waals surface area contributed by atoms with Gasteiger partial charge >= 0.3 is 0 Å². The van der Waals surface area contributed by atoms with E-state index in [4.69, 9.17) is 22.7 Å². The molecule has 0 unspecified atom stereocenters. The number of carbonyl (C=O) groups excluding carboxylic acids is 1. The van der Waals surface area contributed by atoms with Crippen LogP contribution in [0.4, 0.5) is 11.4 Å². The zero-order valence-corrected chi connectivity index (χ0v) is 11.9. The van der Waals surface area contributed by atoms with Gasteiger partial charge in [-0.05, 0) is 18.3 Å². The zero-order valence-electron chi connectivity index (χ0n) is 11.1. The van der Waals surface area contributed by atoms with Crippen LogP contribution < -0.4 is 11.1 Å². The summed E-state index contributed by atoms with van der Waals surface area (Å²) in [6, 6.07) is 3.68. The average Bonchev–Trinajstić information content (AvgIpc) is 2.47. The summed E-state index contributed by atoms with van der Waals surface area (Å²) in [6.07, 6.45) is 0. The Labute approximate surface area is 126 Å². The van der Waals surface area contributed by atoms with Crippen LogP contribution in [0, 0.1) is 10.1 Å². The molecule has 1 fully saturated rings. The summed E-state index contributed by atoms with van der Waals surface area (Å²) >= 11 is 5.15. The Morgan fingerprint density at radius 1 is 1.43 bits per heavy atom. The van der Waals surface area contributed by atoms with Crippen LogP contribution in [0.5, 0.6) is 0 Å². The fraction of sp³-hybridized carbons (Fsp3) is 0.333. The maximum Gasteiger partial charge on any atom is 0.271 e. The van der Waals surface area contributed by atoms with Gasteiger partial charge in [0.05, 0.1) is 29.4 Å². The molecule has 0 bridgehead atoms. The van der Waals surface area contributed by atoms with Gasteiger partial charge in [0.1, 0.15) is 0 Å². The number of thiocarbonyl (C=S) groups is 1. The first-order valence-corrected chi connectivity index (χ1v) is 6.62. The van der Waals surface area contributed by atoms with E-state index in [1.54, 1.807) is 0 Å². The lowest BCUT2D eigenvalue weighted by Crippen LogP contribution is -2.47. The molecule has 1 aromatic rings. The third-order valence-corrected chi connectivity index (χ3v) is 3.37. The third-order valence-electron chi connectivity index (χ3n) is 3.01. The second-order valence-electron chi connectivity index (χ2n) is 4.39. The van der Waals surface area contributed by atoms with Gasteiger partial charge in [0, 0.05) is 25.2 Å². The average molecular weight is 310 g/mol. The Kier molecular flexibility index (Phi) is 4.66. The highest BCUT2D eigenvalue weighted by molar-refractivity contribution is 7.80. The van der Waals surface area contributed by atoms with Crippen LogP contribution in [-0.4, -0.2) is 47.1 Å². The van der Waals surface area contributed by atoms with E-state index in [1.165, 1.54) is 12.1 Å².